The van der Waals surface area contributed by atoms with Gasteiger partial charge in [-0.2, -0.15) is 0 Å². The molecule has 6 nitrogen and oxygen atoms in total. The Morgan fingerprint density at radius 3 is 2.25 bits per heavy atom. The molecule has 0 heterocycles. The Kier molecular flexibility index (Phi) is 3.95. The van der Waals surface area contributed by atoms with E-state index >= 15 is 0 Å². The summed E-state index contributed by atoms with van der Waals surface area (Å²) >= 11 is 0. The smallest absolute Gasteiger partial charge is 0.269 e. The Balaban J connectivity index is 1.97. The molecule has 0 aliphatic carbocycles. The van der Waals surface area contributed by atoms with Gasteiger partial charge < -0.3 is 11.1 Å². The van der Waals surface area contributed by atoms with Crippen molar-refractivity contribution in [3.05, 3.63) is 64.2 Å². The van der Waals surface area contributed by atoms with E-state index < -0.39 is 4.92 Å². The number of nitrogen functional groups attached to an aromatic ring is 1. The van der Waals surface area contributed by atoms with Crippen LogP contribution in [0.4, 0.5) is 17.1 Å². The zero-order valence-corrected chi connectivity index (χ0v) is 10.6. The summed E-state index contributed by atoms with van der Waals surface area (Å²) in [6.45, 7) is 0. The van der Waals surface area contributed by atoms with Crippen molar-refractivity contribution in [2.75, 3.05) is 11.1 Å². The molecule has 2 aromatic carbocycles. The molecule has 3 N–H and O–H groups in total. The fourth-order valence-electron chi connectivity index (χ4n) is 1.69. The number of rotatable bonds is 4. The van der Waals surface area contributed by atoms with Gasteiger partial charge in [-0.25, -0.2) is 0 Å². The van der Waals surface area contributed by atoms with Gasteiger partial charge in [0, 0.05) is 23.5 Å². The quantitative estimate of drug-likeness (QED) is 0.506. The van der Waals surface area contributed by atoms with Crippen LogP contribution < -0.4 is 11.1 Å². The second-order valence-corrected chi connectivity index (χ2v) is 4.27. The first kappa shape index (κ1) is 13.5. The highest BCUT2D eigenvalue weighted by molar-refractivity contribution is 5.92. The lowest BCUT2D eigenvalue weighted by Crippen LogP contribution is -2.14. The van der Waals surface area contributed by atoms with Gasteiger partial charge in [-0.05, 0) is 29.8 Å². The van der Waals surface area contributed by atoms with Gasteiger partial charge in [-0.1, -0.05) is 12.1 Å². The van der Waals surface area contributed by atoms with Crippen LogP contribution in [-0.4, -0.2) is 10.8 Å². The van der Waals surface area contributed by atoms with Crippen LogP contribution in [0.5, 0.6) is 0 Å². The first-order valence-corrected chi connectivity index (χ1v) is 5.93. The zero-order valence-electron chi connectivity index (χ0n) is 10.6. The molecule has 0 bridgehead atoms. The van der Waals surface area contributed by atoms with Gasteiger partial charge in [0.05, 0.1) is 11.3 Å². The van der Waals surface area contributed by atoms with Crippen molar-refractivity contribution in [2.45, 2.75) is 6.42 Å². The third-order valence-corrected chi connectivity index (χ3v) is 2.71. The van der Waals surface area contributed by atoms with Crippen molar-refractivity contribution in [2.24, 2.45) is 0 Å². The molecule has 102 valence electrons. The fraction of sp³-hybridized carbons (Fsp3) is 0.0714. The van der Waals surface area contributed by atoms with E-state index in [9.17, 15) is 14.9 Å². The molecular weight excluding hydrogens is 258 g/mol. The maximum absolute atomic E-state index is 11.8. The number of nitrogens with two attached hydrogens (primary N) is 1. The van der Waals surface area contributed by atoms with Crippen molar-refractivity contribution in [1.82, 2.24) is 0 Å². The highest BCUT2D eigenvalue weighted by Gasteiger charge is 2.07. The minimum atomic E-state index is -0.474. The third kappa shape index (κ3) is 3.55. The lowest BCUT2D eigenvalue weighted by Gasteiger charge is -2.05. The number of non-ortho nitro benzene ring substituents is 1. The molecule has 0 saturated carbocycles. The van der Waals surface area contributed by atoms with E-state index in [0.717, 1.165) is 0 Å². The second-order valence-electron chi connectivity index (χ2n) is 4.27. The molecule has 0 aromatic heterocycles. The highest BCUT2D eigenvalue weighted by Crippen LogP contribution is 2.14. The maximum atomic E-state index is 11.8. The first-order valence-electron chi connectivity index (χ1n) is 5.93. The molecule has 6 heteroatoms. The van der Waals surface area contributed by atoms with E-state index in [1.54, 1.807) is 36.4 Å². The molecule has 0 unspecified atom stereocenters. The topological polar surface area (TPSA) is 98.3 Å². The summed E-state index contributed by atoms with van der Waals surface area (Å²) in [5, 5.41) is 13.2. The summed E-state index contributed by atoms with van der Waals surface area (Å²) in [6, 6.07) is 12.7. The Morgan fingerprint density at radius 2 is 1.70 bits per heavy atom. The monoisotopic (exact) mass is 271 g/mol. The summed E-state index contributed by atoms with van der Waals surface area (Å²) < 4.78 is 0. The van der Waals surface area contributed by atoms with Crippen LogP contribution in [0.15, 0.2) is 48.5 Å². The van der Waals surface area contributed by atoms with Gasteiger partial charge in [0.25, 0.3) is 5.69 Å². The number of nitrogens with zero attached hydrogens (tertiary/aromatic N) is 1. The number of amides is 1. The third-order valence-electron chi connectivity index (χ3n) is 2.71. The fourth-order valence-corrected chi connectivity index (χ4v) is 1.69. The average Bonchev–Trinajstić information content (AvgIpc) is 2.42. The van der Waals surface area contributed by atoms with Gasteiger partial charge in [-0.3, -0.25) is 14.9 Å². The standard InChI is InChI=1S/C14H13N3O3/c15-11-3-5-12(6-4-11)16-14(18)9-10-1-7-13(8-2-10)17(19)20/h1-8H,9,15H2,(H,16,18). The first-order chi connectivity index (χ1) is 9.54. The number of carbonyl (C=O) groups excluding carboxylic acids is 1. The maximum Gasteiger partial charge on any atom is 0.269 e. The lowest BCUT2D eigenvalue weighted by molar-refractivity contribution is -0.384. The number of nitrogens with one attached hydrogen (secondary N) is 1. The van der Waals surface area contributed by atoms with Crippen molar-refractivity contribution in [3.8, 4) is 0 Å². The molecule has 0 saturated heterocycles. The van der Waals surface area contributed by atoms with Crippen LogP contribution in [0.2, 0.25) is 0 Å². The zero-order chi connectivity index (χ0) is 14.5. The van der Waals surface area contributed by atoms with Gasteiger partial charge in [0.2, 0.25) is 5.91 Å². The van der Waals surface area contributed by atoms with E-state index in [-0.39, 0.29) is 18.0 Å². The minimum Gasteiger partial charge on any atom is -0.399 e. The molecule has 0 aliphatic heterocycles. The van der Waals surface area contributed by atoms with Crippen molar-refractivity contribution in [1.29, 1.82) is 0 Å². The van der Waals surface area contributed by atoms with Gasteiger partial charge in [0.1, 0.15) is 0 Å². The van der Waals surface area contributed by atoms with E-state index in [0.29, 0.717) is 16.9 Å². The average molecular weight is 271 g/mol. The number of nitro groups is 1. The van der Waals surface area contributed by atoms with Gasteiger partial charge in [-0.15, -0.1) is 0 Å². The molecule has 2 rings (SSSR count). The largest absolute Gasteiger partial charge is 0.399 e. The Labute approximate surface area is 115 Å². The number of hydrogen-bond acceptors (Lipinski definition) is 4. The van der Waals surface area contributed by atoms with Crippen LogP contribution in [-0.2, 0) is 11.2 Å². The summed E-state index contributed by atoms with van der Waals surface area (Å²) in [4.78, 5) is 21.9. The van der Waals surface area contributed by atoms with Crippen LogP contribution in [0, 0.1) is 10.1 Å². The number of hydrogen-bond donors (Lipinski definition) is 2. The minimum absolute atomic E-state index is 0.00712. The number of benzene rings is 2. The van der Waals surface area contributed by atoms with E-state index in [1.807, 2.05) is 0 Å². The van der Waals surface area contributed by atoms with Crippen LogP contribution in [0.1, 0.15) is 5.56 Å². The Bertz CT molecular complexity index is 621. The normalized spacial score (nSPS) is 10.0. The van der Waals surface area contributed by atoms with Gasteiger partial charge >= 0.3 is 0 Å². The molecule has 0 radical (unpaired) electrons. The molecular formula is C14H13N3O3. The summed E-state index contributed by atoms with van der Waals surface area (Å²) in [5.41, 5.74) is 7.55. The predicted octanol–water partition coefficient (Wildman–Crippen LogP) is 2.36. The highest BCUT2D eigenvalue weighted by atomic mass is 16.6. The Hall–Kier alpha value is -2.89. The molecule has 20 heavy (non-hydrogen) atoms. The Morgan fingerprint density at radius 1 is 1.10 bits per heavy atom. The molecule has 0 aliphatic rings. The lowest BCUT2D eigenvalue weighted by atomic mass is 10.1. The summed E-state index contributed by atoms with van der Waals surface area (Å²) in [7, 11) is 0. The van der Waals surface area contributed by atoms with Crippen molar-refractivity contribution < 1.29 is 9.72 Å². The second kappa shape index (κ2) is 5.83. The molecule has 2 aromatic rings. The number of anilines is 2. The van der Waals surface area contributed by atoms with Crippen molar-refractivity contribution >= 4 is 23.0 Å². The molecule has 0 spiro atoms. The summed E-state index contributed by atoms with van der Waals surface area (Å²) in [5.74, 6) is -0.191. The SMILES string of the molecule is Nc1ccc(NC(=O)Cc2ccc([N+](=O)[O-])cc2)cc1. The van der Waals surface area contributed by atoms with Crippen LogP contribution >= 0.6 is 0 Å². The van der Waals surface area contributed by atoms with E-state index in [4.69, 9.17) is 5.73 Å². The molecule has 0 atom stereocenters. The van der Waals surface area contributed by atoms with Crippen LogP contribution in [0.3, 0.4) is 0 Å². The van der Waals surface area contributed by atoms with Gasteiger partial charge in [0.15, 0.2) is 0 Å². The van der Waals surface area contributed by atoms with E-state index in [2.05, 4.69) is 5.32 Å². The molecule has 1 amide bonds. The van der Waals surface area contributed by atoms with E-state index in [1.165, 1.54) is 12.1 Å². The summed E-state index contributed by atoms with van der Waals surface area (Å²) in [6.07, 6.45) is 0.155. The van der Waals surface area contributed by atoms with Crippen molar-refractivity contribution in [3.63, 3.8) is 0 Å². The number of carbonyl (C=O) groups is 1. The number of nitro benzene ring substituents is 1. The van der Waals surface area contributed by atoms with Crippen LogP contribution in [0.25, 0.3) is 0 Å². The predicted molar refractivity (Wildman–Crippen MR) is 76.3 cm³/mol. The molecule has 0 fully saturated rings.